The molecule has 1 fully saturated rings. The monoisotopic (exact) mass is 228 g/mol. The highest BCUT2D eigenvalue weighted by Crippen LogP contribution is 2.25. The van der Waals surface area contributed by atoms with Gasteiger partial charge in [-0.3, -0.25) is 4.90 Å². The van der Waals surface area contributed by atoms with Gasteiger partial charge in [-0.2, -0.15) is 8.78 Å². The van der Waals surface area contributed by atoms with E-state index in [1.54, 1.807) is 0 Å². The van der Waals surface area contributed by atoms with Crippen LogP contribution in [0.3, 0.4) is 0 Å². The van der Waals surface area contributed by atoms with Gasteiger partial charge >= 0.3 is 12.3 Å². The molecule has 1 atom stereocenters. The summed E-state index contributed by atoms with van der Waals surface area (Å²) in [5.41, 5.74) is 0. The van der Waals surface area contributed by atoms with Crippen molar-refractivity contribution in [3.8, 4) is 0 Å². The zero-order valence-corrected chi connectivity index (χ0v) is 8.65. The van der Waals surface area contributed by atoms with E-state index in [1.807, 2.05) is 6.92 Å². The summed E-state index contributed by atoms with van der Waals surface area (Å²) < 4.78 is 49.2. The first kappa shape index (κ1) is 12.7. The molecule has 0 aliphatic carbocycles. The summed E-state index contributed by atoms with van der Waals surface area (Å²) in [5.74, 6) is -3.89. The first-order chi connectivity index (χ1) is 6.95. The second-order valence-electron chi connectivity index (χ2n) is 3.84. The molecule has 0 aromatic carbocycles. The fourth-order valence-electron chi connectivity index (χ4n) is 1.80. The number of hydrogen-bond acceptors (Lipinski definition) is 2. The average molecular weight is 228 g/mol. The molecule has 0 aromatic rings. The minimum atomic E-state index is -3.89. The van der Waals surface area contributed by atoms with Gasteiger partial charge in [0.2, 0.25) is 0 Å². The molecule has 6 heteroatoms. The van der Waals surface area contributed by atoms with Gasteiger partial charge in [-0.15, -0.1) is 0 Å². The smallest absolute Gasteiger partial charge is 0.313 e. The molecular weight excluding hydrogens is 212 g/mol. The molecule has 0 bridgehead atoms. The van der Waals surface area contributed by atoms with Gasteiger partial charge in [-0.25, -0.2) is 8.78 Å². The topological polar surface area (TPSA) is 15.3 Å². The molecule has 1 saturated heterocycles. The maximum absolute atomic E-state index is 12.7. The van der Waals surface area contributed by atoms with Crippen molar-refractivity contribution < 1.29 is 17.6 Å². The number of nitrogens with zero attached hydrogens (tertiary/aromatic N) is 1. The minimum Gasteiger partial charge on any atom is -0.313 e. The summed E-state index contributed by atoms with van der Waals surface area (Å²) in [7, 11) is 0. The number of alkyl halides is 4. The summed E-state index contributed by atoms with van der Waals surface area (Å²) in [6.07, 6.45) is -2.83. The molecule has 1 unspecified atom stereocenters. The largest absolute Gasteiger partial charge is 0.319 e. The van der Waals surface area contributed by atoms with Gasteiger partial charge in [0.15, 0.2) is 0 Å². The Hall–Kier alpha value is -0.360. The van der Waals surface area contributed by atoms with E-state index < -0.39 is 18.9 Å². The van der Waals surface area contributed by atoms with E-state index in [-0.39, 0.29) is 6.04 Å². The molecule has 1 aliphatic heterocycles. The molecule has 2 nitrogen and oxygen atoms in total. The van der Waals surface area contributed by atoms with Crippen molar-refractivity contribution in [2.75, 3.05) is 26.2 Å². The highest BCUT2D eigenvalue weighted by atomic mass is 19.3. The van der Waals surface area contributed by atoms with E-state index in [0.29, 0.717) is 13.1 Å². The van der Waals surface area contributed by atoms with Crippen molar-refractivity contribution in [2.45, 2.75) is 31.7 Å². The van der Waals surface area contributed by atoms with Crippen molar-refractivity contribution in [1.29, 1.82) is 0 Å². The van der Waals surface area contributed by atoms with Crippen molar-refractivity contribution >= 4 is 0 Å². The molecule has 1 rings (SSSR count). The SMILES string of the molecule is CCNC1CCN(CC(F)(F)C(F)F)C1. The normalized spacial score (nSPS) is 24.0. The van der Waals surface area contributed by atoms with Crippen molar-refractivity contribution in [2.24, 2.45) is 0 Å². The van der Waals surface area contributed by atoms with Gasteiger partial charge in [-0.05, 0) is 19.5 Å². The summed E-state index contributed by atoms with van der Waals surface area (Å²) in [6.45, 7) is 2.74. The zero-order valence-electron chi connectivity index (χ0n) is 8.65. The summed E-state index contributed by atoms with van der Waals surface area (Å²) in [5, 5.41) is 3.12. The predicted octanol–water partition coefficient (Wildman–Crippen LogP) is 1.57. The molecule has 0 spiro atoms. The van der Waals surface area contributed by atoms with Gasteiger partial charge < -0.3 is 5.32 Å². The van der Waals surface area contributed by atoms with E-state index in [9.17, 15) is 17.6 Å². The van der Waals surface area contributed by atoms with E-state index in [4.69, 9.17) is 0 Å². The van der Waals surface area contributed by atoms with Crippen molar-refractivity contribution in [3.63, 3.8) is 0 Å². The number of halogens is 4. The van der Waals surface area contributed by atoms with Crippen LogP contribution in [0, 0.1) is 0 Å². The molecule has 0 amide bonds. The maximum atomic E-state index is 12.7. The summed E-state index contributed by atoms with van der Waals surface area (Å²) in [6, 6.07) is 0.156. The maximum Gasteiger partial charge on any atom is 0.319 e. The van der Waals surface area contributed by atoms with Crippen LogP contribution in [-0.2, 0) is 0 Å². The number of nitrogens with one attached hydrogen (secondary N) is 1. The molecule has 0 aromatic heterocycles. The van der Waals surface area contributed by atoms with E-state index >= 15 is 0 Å². The fraction of sp³-hybridized carbons (Fsp3) is 1.00. The van der Waals surface area contributed by atoms with Crippen LogP contribution in [-0.4, -0.2) is 49.5 Å². The molecule has 90 valence electrons. The average Bonchev–Trinajstić information content (AvgIpc) is 2.52. The fourth-order valence-corrected chi connectivity index (χ4v) is 1.80. The molecule has 0 radical (unpaired) electrons. The third-order valence-corrected chi connectivity index (χ3v) is 2.52. The van der Waals surface area contributed by atoms with E-state index in [2.05, 4.69) is 5.32 Å². The van der Waals surface area contributed by atoms with Crippen LogP contribution >= 0.6 is 0 Å². The van der Waals surface area contributed by atoms with Crippen LogP contribution in [0.2, 0.25) is 0 Å². The number of hydrogen-bond donors (Lipinski definition) is 1. The minimum absolute atomic E-state index is 0.156. The van der Waals surface area contributed by atoms with Crippen LogP contribution < -0.4 is 5.32 Å². The molecule has 1 aliphatic rings. The number of likely N-dealkylation sites (tertiary alicyclic amines) is 1. The second-order valence-corrected chi connectivity index (χ2v) is 3.84. The van der Waals surface area contributed by atoms with E-state index in [0.717, 1.165) is 13.0 Å². The van der Waals surface area contributed by atoms with Crippen molar-refractivity contribution in [1.82, 2.24) is 10.2 Å². The molecule has 15 heavy (non-hydrogen) atoms. The second kappa shape index (κ2) is 5.12. The lowest BCUT2D eigenvalue weighted by Crippen LogP contribution is -2.42. The first-order valence-corrected chi connectivity index (χ1v) is 5.07. The van der Waals surface area contributed by atoms with Gasteiger partial charge in [-0.1, -0.05) is 6.92 Å². The van der Waals surface area contributed by atoms with Gasteiger partial charge in [0.1, 0.15) is 0 Å². The lowest BCUT2D eigenvalue weighted by atomic mass is 10.3. The van der Waals surface area contributed by atoms with Crippen LogP contribution in [0.5, 0.6) is 0 Å². The summed E-state index contributed by atoms with van der Waals surface area (Å²) in [4.78, 5) is 1.39. The van der Waals surface area contributed by atoms with Gasteiger partial charge in [0, 0.05) is 12.6 Å². The summed E-state index contributed by atoms with van der Waals surface area (Å²) >= 11 is 0. The van der Waals surface area contributed by atoms with Crippen LogP contribution in [0.1, 0.15) is 13.3 Å². The Bertz CT molecular complexity index is 199. The van der Waals surface area contributed by atoms with Gasteiger partial charge in [0.25, 0.3) is 0 Å². The van der Waals surface area contributed by atoms with Gasteiger partial charge in [0.05, 0.1) is 6.54 Å². The molecule has 1 N–H and O–H groups in total. The highest BCUT2D eigenvalue weighted by Gasteiger charge is 2.43. The standard InChI is InChI=1S/C9H16F4N2/c1-2-14-7-3-4-15(5-7)6-9(12,13)8(10)11/h7-8,14H,2-6H2,1H3. The highest BCUT2D eigenvalue weighted by molar-refractivity contribution is 4.84. The third kappa shape index (κ3) is 3.61. The Morgan fingerprint density at radius 3 is 2.67 bits per heavy atom. The molecule has 0 saturated carbocycles. The molecule has 1 heterocycles. The zero-order chi connectivity index (χ0) is 11.5. The van der Waals surface area contributed by atoms with Crippen LogP contribution in [0.4, 0.5) is 17.6 Å². The first-order valence-electron chi connectivity index (χ1n) is 5.07. The Morgan fingerprint density at radius 1 is 1.47 bits per heavy atom. The van der Waals surface area contributed by atoms with Crippen molar-refractivity contribution in [3.05, 3.63) is 0 Å². The third-order valence-electron chi connectivity index (χ3n) is 2.52. The quantitative estimate of drug-likeness (QED) is 0.718. The van der Waals surface area contributed by atoms with E-state index in [1.165, 1.54) is 4.90 Å². The Morgan fingerprint density at radius 2 is 2.13 bits per heavy atom. The lowest BCUT2D eigenvalue weighted by Gasteiger charge is -2.22. The predicted molar refractivity (Wildman–Crippen MR) is 49.5 cm³/mol. The van der Waals surface area contributed by atoms with Crippen LogP contribution in [0.25, 0.3) is 0 Å². The molecular formula is C9H16F4N2. The lowest BCUT2D eigenvalue weighted by molar-refractivity contribution is -0.140. The number of rotatable bonds is 5. The Kier molecular flexibility index (Phi) is 4.33. The Balaban J connectivity index is 2.35. The van der Waals surface area contributed by atoms with Crippen LogP contribution in [0.15, 0.2) is 0 Å². The Labute approximate surface area is 86.6 Å². The number of likely N-dealkylation sites (N-methyl/N-ethyl adjacent to an activating group) is 1.